The van der Waals surface area contributed by atoms with Gasteiger partial charge in [0.2, 0.25) is 0 Å². The van der Waals surface area contributed by atoms with Gasteiger partial charge in [-0.1, -0.05) is 35.5 Å². The molecule has 29 heavy (non-hydrogen) atoms. The lowest BCUT2D eigenvalue weighted by atomic mass is 9.97. The van der Waals surface area contributed by atoms with Crippen molar-refractivity contribution in [1.82, 2.24) is 25.2 Å². The Balaban J connectivity index is 0.00000240. The fourth-order valence-corrected chi connectivity index (χ4v) is 4.14. The number of morpholine rings is 1. The number of nitrogens with one attached hydrogen (secondary N) is 1. The Morgan fingerprint density at radius 3 is 2.59 bits per heavy atom. The fraction of sp³-hybridized carbons (Fsp3) is 0.571. The largest absolute Gasteiger partial charge is 0.369 e. The van der Waals surface area contributed by atoms with E-state index in [1.807, 2.05) is 60.7 Å². The lowest BCUT2D eigenvalue weighted by Crippen LogP contribution is -2.56. The molecule has 158 valence electrons. The smallest absolute Gasteiger partial charge is 0.276 e. The second kappa shape index (κ2) is 8.81. The molecule has 1 unspecified atom stereocenters. The molecule has 1 amide bonds. The Morgan fingerprint density at radius 1 is 1.21 bits per heavy atom. The van der Waals surface area contributed by atoms with Gasteiger partial charge < -0.3 is 15.0 Å². The first-order valence-electron chi connectivity index (χ1n) is 10.1. The maximum Gasteiger partial charge on any atom is 0.276 e. The summed E-state index contributed by atoms with van der Waals surface area (Å²) in [5, 5.41) is 12.0. The molecule has 3 heterocycles. The van der Waals surface area contributed by atoms with Gasteiger partial charge in [-0.15, -0.1) is 17.5 Å². The first kappa shape index (κ1) is 21.7. The number of piperidine rings is 1. The number of ether oxygens (including phenoxy) is 1. The summed E-state index contributed by atoms with van der Waals surface area (Å²) < 4.78 is 8.02. The highest BCUT2D eigenvalue weighted by atomic mass is 35.5. The zero-order chi connectivity index (χ0) is 19.7. The van der Waals surface area contributed by atoms with E-state index in [0.717, 1.165) is 37.2 Å². The molecule has 2 saturated heterocycles. The van der Waals surface area contributed by atoms with Gasteiger partial charge in [-0.05, 0) is 52.3 Å². The van der Waals surface area contributed by atoms with Crippen LogP contribution in [0.25, 0.3) is 0 Å². The zero-order valence-corrected chi connectivity index (χ0v) is 18.1. The average Bonchev–Trinajstić information content (AvgIpc) is 3.10. The predicted octanol–water partition coefficient (Wildman–Crippen LogP) is 2.93. The van der Waals surface area contributed by atoms with E-state index in [0.29, 0.717) is 24.9 Å². The number of carbonyl (C=O) groups is 1. The van der Waals surface area contributed by atoms with Crippen LogP contribution in [0.1, 0.15) is 60.6 Å². The van der Waals surface area contributed by atoms with Crippen molar-refractivity contribution < 1.29 is 9.53 Å². The minimum Gasteiger partial charge on any atom is -0.369 e. The van der Waals surface area contributed by atoms with Crippen molar-refractivity contribution in [3.05, 3.63) is 47.3 Å². The Bertz CT molecular complexity index is 833. The van der Waals surface area contributed by atoms with Crippen LogP contribution in [-0.2, 0) is 4.74 Å². The van der Waals surface area contributed by atoms with Crippen LogP contribution >= 0.6 is 12.4 Å². The van der Waals surface area contributed by atoms with Crippen LogP contribution in [0.3, 0.4) is 0 Å². The van der Waals surface area contributed by atoms with Gasteiger partial charge in [-0.2, -0.15) is 0 Å². The number of carbonyl (C=O) groups excluding carboxylic acids is 1. The predicted molar refractivity (Wildman–Crippen MR) is 113 cm³/mol. The third kappa shape index (κ3) is 4.32. The van der Waals surface area contributed by atoms with Crippen molar-refractivity contribution in [2.45, 2.75) is 51.3 Å². The summed E-state index contributed by atoms with van der Waals surface area (Å²) in [5.74, 6) is -0.0630. The third-order valence-electron chi connectivity index (χ3n) is 5.92. The quantitative estimate of drug-likeness (QED) is 0.828. The van der Waals surface area contributed by atoms with E-state index in [1.165, 1.54) is 0 Å². The molecule has 0 spiro atoms. The number of hydrogen-bond acceptors (Lipinski definition) is 5. The minimum absolute atomic E-state index is 0. The molecule has 7 nitrogen and oxygen atoms in total. The van der Waals surface area contributed by atoms with Crippen LogP contribution < -0.4 is 5.32 Å². The first-order chi connectivity index (χ1) is 13.5. The standard InChI is InChI=1S/C21H29N5O2.ClH/c1-15-19(23-24-26(15)17-9-11-22-12-10-17)20(27)25-13-18(28-14-21(25,2)3)16-7-5-4-6-8-16;/h4-8,17-18,22H,9-14H2,1-3H3;1H. The third-order valence-corrected chi connectivity index (χ3v) is 5.92. The average molecular weight is 420 g/mol. The number of benzene rings is 1. The molecule has 0 aliphatic carbocycles. The minimum atomic E-state index is -0.395. The van der Waals surface area contributed by atoms with E-state index in [2.05, 4.69) is 15.6 Å². The summed E-state index contributed by atoms with van der Waals surface area (Å²) in [6.45, 7) is 8.98. The van der Waals surface area contributed by atoms with Gasteiger partial charge in [0.15, 0.2) is 5.69 Å². The zero-order valence-electron chi connectivity index (χ0n) is 17.3. The van der Waals surface area contributed by atoms with Gasteiger partial charge in [-0.25, -0.2) is 4.68 Å². The molecule has 8 heteroatoms. The molecule has 4 rings (SSSR count). The van der Waals surface area contributed by atoms with Crippen molar-refractivity contribution in [2.24, 2.45) is 0 Å². The molecule has 0 saturated carbocycles. The molecule has 0 bridgehead atoms. The van der Waals surface area contributed by atoms with Crippen molar-refractivity contribution in [3.8, 4) is 0 Å². The van der Waals surface area contributed by atoms with Gasteiger partial charge in [0.1, 0.15) is 6.10 Å². The Kier molecular flexibility index (Phi) is 6.61. The molecule has 1 atom stereocenters. The second-order valence-electron chi connectivity index (χ2n) is 8.39. The van der Waals surface area contributed by atoms with E-state index in [-0.39, 0.29) is 24.4 Å². The van der Waals surface area contributed by atoms with Crippen molar-refractivity contribution in [2.75, 3.05) is 26.2 Å². The summed E-state index contributed by atoms with van der Waals surface area (Å²) >= 11 is 0. The van der Waals surface area contributed by atoms with Gasteiger partial charge in [0.25, 0.3) is 5.91 Å². The number of amides is 1. The normalized spacial score (nSPS) is 22.2. The van der Waals surface area contributed by atoms with Crippen LogP contribution in [-0.4, -0.2) is 57.6 Å². The summed E-state index contributed by atoms with van der Waals surface area (Å²) in [5.41, 5.74) is 2.01. The second-order valence-corrected chi connectivity index (χ2v) is 8.39. The molecule has 2 aliphatic heterocycles. The number of aromatic nitrogens is 3. The van der Waals surface area contributed by atoms with Gasteiger partial charge in [0.05, 0.1) is 30.4 Å². The summed E-state index contributed by atoms with van der Waals surface area (Å²) in [6, 6.07) is 10.4. The highest BCUT2D eigenvalue weighted by Gasteiger charge is 2.40. The number of nitrogens with zero attached hydrogens (tertiary/aromatic N) is 4. The van der Waals surface area contributed by atoms with Crippen LogP contribution in [0.4, 0.5) is 0 Å². The summed E-state index contributed by atoms with van der Waals surface area (Å²) in [6.07, 6.45) is 1.89. The highest BCUT2D eigenvalue weighted by Crippen LogP contribution is 2.32. The van der Waals surface area contributed by atoms with Crippen LogP contribution in [0.15, 0.2) is 30.3 Å². The molecule has 2 fully saturated rings. The number of halogens is 1. The summed E-state index contributed by atoms with van der Waals surface area (Å²) in [7, 11) is 0. The highest BCUT2D eigenvalue weighted by molar-refractivity contribution is 5.93. The molecular formula is C21H30ClN5O2. The van der Waals surface area contributed by atoms with Crippen molar-refractivity contribution >= 4 is 18.3 Å². The van der Waals surface area contributed by atoms with Crippen LogP contribution in [0.2, 0.25) is 0 Å². The van der Waals surface area contributed by atoms with Crippen molar-refractivity contribution in [1.29, 1.82) is 0 Å². The Hall–Kier alpha value is -1.96. The van der Waals surface area contributed by atoms with E-state index in [9.17, 15) is 4.79 Å². The van der Waals surface area contributed by atoms with Gasteiger partial charge in [0, 0.05) is 0 Å². The molecular weight excluding hydrogens is 390 g/mol. The SMILES string of the molecule is Cc1c(C(=O)N2CC(c3ccccc3)OCC2(C)C)nnn1C1CCNCC1.Cl. The molecule has 2 aromatic rings. The Labute approximate surface area is 178 Å². The monoisotopic (exact) mass is 419 g/mol. The lowest BCUT2D eigenvalue weighted by molar-refractivity contribution is -0.0848. The van der Waals surface area contributed by atoms with Crippen LogP contribution in [0, 0.1) is 6.92 Å². The van der Waals surface area contributed by atoms with Crippen molar-refractivity contribution in [3.63, 3.8) is 0 Å². The van der Waals surface area contributed by atoms with E-state index < -0.39 is 5.54 Å². The van der Waals surface area contributed by atoms with Crippen LogP contribution in [0.5, 0.6) is 0 Å². The maximum absolute atomic E-state index is 13.5. The van der Waals surface area contributed by atoms with Gasteiger partial charge in [-0.3, -0.25) is 4.79 Å². The molecule has 0 radical (unpaired) electrons. The molecule has 1 aromatic heterocycles. The topological polar surface area (TPSA) is 72.3 Å². The maximum atomic E-state index is 13.5. The van der Waals surface area contributed by atoms with E-state index >= 15 is 0 Å². The van der Waals surface area contributed by atoms with Gasteiger partial charge >= 0.3 is 0 Å². The molecule has 1 N–H and O–H groups in total. The number of hydrogen-bond donors (Lipinski definition) is 1. The first-order valence-corrected chi connectivity index (χ1v) is 10.1. The molecule has 1 aromatic carbocycles. The Morgan fingerprint density at radius 2 is 1.90 bits per heavy atom. The molecule has 2 aliphatic rings. The van der Waals surface area contributed by atoms with E-state index in [1.54, 1.807) is 0 Å². The van der Waals surface area contributed by atoms with E-state index in [4.69, 9.17) is 4.74 Å². The fourth-order valence-electron chi connectivity index (χ4n) is 4.14. The number of rotatable bonds is 3. The summed E-state index contributed by atoms with van der Waals surface area (Å²) in [4.78, 5) is 15.4. The lowest BCUT2D eigenvalue weighted by Gasteiger charge is -2.45.